The second-order valence-corrected chi connectivity index (χ2v) is 3.16. The van der Waals surface area contributed by atoms with Crippen LogP contribution in [0, 0.1) is 0 Å². The summed E-state index contributed by atoms with van der Waals surface area (Å²) >= 11 is 0. The smallest absolute Gasteiger partial charge is 0.317 e. The van der Waals surface area contributed by atoms with Crippen LogP contribution in [0.4, 0.5) is 0 Å². The monoisotopic (exact) mass is 247 g/mol. The molecule has 2 amide bonds. The minimum absolute atomic E-state index is 0.446. The summed E-state index contributed by atoms with van der Waals surface area (Å²) in [6.45, 7) is -0.439. The Bertz CT molecular complexity index is 313. The number of nitrogens with zero attached hydrogens (tertiary/aromatic N) is 1. The van der Waals surface area contributed by atoms with Crippen LogP contribution < -0.4 is 10.9 Å². The lowest BCUT2D eigenvalue weighted by Gasteiger charge is -2.17. The van der Waals surface area contributed by atoms with E-state index in [4.69, 9.17) is 10.2 Å². The van der Waals surface area contributed by atoms with Gasteiger partial charge in [0.15, 0.2) is 0 Å². The molecule has 0 aliphatic carbocycles. The summed E-state index contributed by atoms with van der Waals surface area (Å²) in [6.07, 6.45) is 0. The zero-order valence-corrected chi connectivity index (χ0v) is 9.10. The lowest BCUT2D eigenvalue weighted by atomic mass is 10.4. The van der Waals surface area contributed by atoms with Gasteiger partial charge in [-0.2, -0.15) is 0 Å². The number of hydrazine groups is 1. The van der Waals surface area contributed by atoms with Gasteiger partial charge < -0.3 is 10.2 Å². The van der Waals surface area contributed by atoms with Gasteiger partial charge in [0.25, 0.3) is 5.91 Å². The van der Waals surface area contributed by atoms with Gasteiger partial charge in [-0.25, -0.2) is 0 Å². The van der Waals surface area contributed by atoms with Gasteiger partial charge in [-0.15, -0.1) is 0 Å². The van der Waals surface area contributed by atoms with Gasteiger partial charge in [-0.3, -0.25) is 34.9 Å². The molecule has 0 spiro atoms. The molecule has 9 nitrogen and oxygen atoms in total. The molecule has 0 unspecified atom stereocenters. The Hall–Kier alpha value is -2.16. The zero-order valence-electron chi connectivity index (χ0n) is 9.10. The minimum Gasteiger partial charge on any atom is -0.480 e. The van der Waals surface area contributed by atoms with Crippen molar-refractivity contribution in [2.45, 2.75) is 6.92 Å². The Morgan fingerprint density at radius 2 is 1.41 bits per heavy atom. The van der Waals surface area contributed by atoms with Crippen LogP contribution in [-0.4, -0.2) is 58.5 Å². The number of nitrogens with one attached hydrogen (secondary N) is 2. The standard InChI is InChI=1S/C8H13N3O6/c1-5(12)9-10-6(13)2-11(3-7(14)15)4-8(16)17/h2-4H2,1H3,(H,9,12)(H,10,13)(H,14,15)(H,16,17). The zero-order chi connectivity index (χ0) is 13.4. The third-order valence-electron chi connectivity index (χ3n) is 1.46. The number of carbonyl (C=O) groups is 4. The summed E-state index contributed by atoms with van der Waals surface area (Å²) in [7, 11) is 0. The first-order chi connectivity index (χ1) is 7.81. The first-order valence-corrected chi connectivity index (χ1v) is 4.52. The number of rotatable bonds is 6. The van der Waals surface area contributed by atoms with Crippen LogP contribution in [-0.2, 0) is 19.2 Å². The molecule has 0 aromatic heterocycles. The van der Waals surface area contributed by atoms with E-state index < -0.39 is 43.4 Å². The first kappa shape index (κ1) is 14.8. The largest absolute Gasteiger partial charge is 0.480 e. The van der Waals surface area contributed by atoms with Crippen LogP contribution >= 0.6 is 0 Å². The van der Waals surface area contributed by atoms with Gasteiger partial charge in [0.1, 0.15) is 0 Å². The molecular weight excluding hydrogens is 234 g/mol. The average Bonchev–Trinajstić information content (AvgIpc) is 2.12. The highest BCUT2D eigenvalue weighted by molar-refractivity contribution is 5.83. The Labute approximate surface area is 96.4 Å². The second-order valence-electron chi connectivity index (χ2n) is 3.16. The maximum atomic E-state index is 11.2. The summed E-state index contributed by atoms with van der Waals surface area (Å²) in [6, 6.07) is 0. The topological polar surface area (TPSA) is 136 Å². The Morgan fingerprint density at radius 1 is 0.941 bits per heavy atom. The molecule has 0 aliphatic rings. The summed E-state index contributed by atoms with van der Waals surface area (Å²) in [5.41, 5.74) is 3.99. The number of hydrogen-bond acceptors (Lipinski definition) is 5. The highest BCUT2D eigenvalue weighted by Gasteiger charge is 2.16. The van der Waals surface area contributed by atoms with Crippen LogP contribution in [0.3, 0.4) is 0 Å². The van der Waals surface area contributed by atoms with Crippen molar-refractivity contribution in [3.05, 3.63) is 0 Å². The molecular formula is C8H13N3O6. The maximum absolute atomic E-state index is 11.2. The molecule has 0 saturated carbocycles. The molecule has 0 fully saturated rings. The van der Waals surface area contributed by atoms with E-state index in [9.17, 15) is 19.2 Å². The van der Waals surface area contributed by atoms with Crippen molar-refractivity contribution >= 4 is 23.8 Å². The number of carboxylic acid groups (broad SMARTS) is 2. The average molecular weight is 247 g/mol. The van der Waals surface area contributed by atoms with Gasteiger partial charge in [-0.05, 0) is 0 Å². The molecule has 96 valence electrons. The van der Waals surface area contributed by atoms with E-state index in [1.807, 2.05) is 10.9 Å². The molecule has 0 atom stereocenters. The number of hydrogen-bond donors (Lipinski definition) is 4. The van der Waals surface area contributed by atoms with Crippen molar-refractivity contribution in [1.82, 2.24) is 15.8 Å². The molecule has 0 aromatic rings. The summed E-state index contributed by atoms with van der Waals surface area (Å²) < 4.78 is 0. The Morgan fingerprint density at radius 3 is 1.76 bits per heavy atom. The lowest BCUT2D eigenvalue weighted by molar-refractivity contribution is -0.142. The SMILES string of the molecule is CC(=O)NNC(=O)CN(CC(=O)O)CC(=O)O. The highest BCUT2D eigenvalue weighted by atomic mass is 16.4. The van der Waals surface area contributed by atoms with Crippen molar-refractivity contribution in [3.63, 3.8) is 0 Å². The molecule has 17 heavy (non-hydrogen) atoms. The van der Waals surface area contributed by atoms with Gasteiger partial charge in [0, 0.05) is 6.92 Å². The van der Waals surface area contributed by atoms with Crippen molar-refractivity contribution in [1.29, 1.82) is 0 Å². The molecule has 0 aliphatic heterocycles. The molecule has 0 radical (unpaired) electrons. The molecule has 9 heteroatoms. The van der Waals surface area contributed by atoms with Crippen LogP contribution in [0.1, 0.15) is 6.92 Å². The Balaban J connectivity index is 4.21. The third kappa shape index (κ3) is 8.81. The third-order valence-corrected chi connectivity index (χ3v) is 1.46. The van der Waals surface area contributed by atoms with E-state index in [0.717, 1.165) is 4.90 Å². The van der Waals surface area contributed by atoms with Crippen molar-refractivity contribution in [2.75, 3.05) is 19.6 Å². The summed E-state index contributed by atoms with van der Waals surface area (Å²) in [5, 5.41) is 17.0. The molecule has 0 rings (SSSR count). The quantitative estimate of drug-likeness (QED) is 0.385. The van der Waals surface area contributed by atoms with Crippen LogP contribution in [0.15, 0.2) is 0 Å². The predicted octanol–water partition coefficient (Wildman–Crippen LogP) is -2.38. The van der Waals surface area contributed by atoms with E-state index in [2.05, 4.69) is 0 Å². The molecule has 0 heterocycles. The van der Waals surface area contributed by atoms with Gasteiger partial charge in [0.2, 0.25) is 5.91 Å². The number of carbonyl (C=O) groups excluding carboxylic acids is 2. The molecule has 0 bridgehead atoms. The van der Waals surface area contributed by atoms with E-state index in [1.54, 1.807) is 0 Å². The fourth-order valence-electron chi connectivity index (χ4n) is 0.951. The van der Waals surface area contributed by atoms with Crippen LogP contribution in [0.2, 0.25) is 0 Å². The summed E-state index contributed by atoms with van der Waals surface area (Å²) in [5.74, 6) is -3.71. The second kappa shape index (κ2) is 7.17. The van der Waals surface area contributed by atoms with E-state index in [-0.39, 0.29) is 0 Å². The van der Waals surface area contributed by atoms with E-state index in [1.165, 1.54) is 6.92 Å². The fraction of sp³-hybridized carbons (Fsp3) is 0.500. The van der Waals surface area contributed by atoms with Gasteiger partial charge in [-0.1, -0.05) is 0 Å². The van der Waals surface area contributed by atoms with E-state index >= 15 is 0 Å². The van der Waals surface area contributed by atoms with Crippen LogP contribution in [0.5, 0.6) is 0 Å². The molecule has 0 saturated heterocycles. The lowest BCUT2D eigenvalue weighted by Crippen LogP contribution is -2.47. The number of aliphatic carboxylic acids is 2. The highest BCUT2D eigenvalue weighted by Crippen LogP contribution is 1.88. The fourth-order valence-corrected chi connectivity index (χ4v) is 0.951. The van der Waals surface area contributed by atoms with Crippen molar-refractivity contribution in [3.8, 4) is 0 Å². The first-order valence-electron chi connectivity index (χ1n) is 4.52. The molecule has 4 N–H and O–H groups in total. The maximum Gasteiger partial charge on any atom is 0.317 e. The minimum atomic E-state index is -1.25. The Kier molecular flexibility index (Phi) is 6.26. The summed E-state index contributed by atoms with van der Waals surface area (Å²) in [4.78, 5) is 43.3. The molecule has 0 aromatic carbocycles. The normalized spacial score (nSPS) is 9.76. The predicted molar refractivity (Wildman–Crippen MR) is 53.7 cm³/mol. The van der Waals surface area contributed by atoms with Gasteiger partial charge in [0.05, 0.1) is 19.6 Å². The van der Waals surface area contributed by atoms with Crippen molar-refractivity contribution < 1.29 is 29.4 Å². The van der Waals surface area contributed by atoms with Gasteiger partial charge >= 0.3 is 11.9 Å². The van der Waals surface area contributed by atoms with E-state index in [0.29, 0.717) is 0 Å². The van der Waals surface area contributed by atoms with Crippen LogP contribution in [0.25, 0.3) is 0 Å². The number of carboxylic acids is 2. The number of amides is 2. The van der Waals surface area contributed by atoms with Crippen molar-refractivity contribution in [2.24, 2.45) is 0 Å².